The first-order valence-corrected chi connectivity index (χ1v) is 15.3. The van der Waals surface area contributed by atoms with E-state index in [1.807, 2.05) is 64.1 Å². The van der Waals surface area contributed by atoms with Gasteiger partial charge in [0, 0.05) is 6.61 Å². The Morgan fingerprint density at radius 1 is 0.889 bits per heavy atom. The second-order valence-corrected chi connectivity index (χ2v) is 12.0. The maximum Gasteiger partial charge on any atom is 0.335 e. The van der Waals surface area contributed by atoms with Gasteiger partial charge in [-0.15, -0.1) is 0 Å². The van der Waals surface area contributed by atoms with E-state index in [1.54, 1.807) is 43.3 Å². The standard InChI is InChI=1S/C36H45FN2O6/c1-7-44-31(35(42)43-6)28(20-14-15-25-21-22-30(29(37)23-25)45-27-18-12-9-13-19-27)33(40)39-32(36(3,4)5)34(41)38-24(2)26-16-10-8-11-17-26/h8-13,16-19,21-24,28,31-32H,7,14-15,20H2,1-6H3,(H,38,41)(H,39,40)/t24?,28-,31?,32-/m1/s1. The molecule has 0 saturated heterocycles. The molecule has 0 aliphatic carbocycles. The molecule has 0 saturated carbocycles. The van der Waals surface area contributed by atoms with Crippen LogP contribution in [0.5, 0.6) is 11.5 Å². The lowest BCUT2D eigenvalue weighted by Crippen LogP contribution is -2.56. The molecule has 0 heterocycles. The van der Waals surface area contributed by atoms with E-state index >= 15 is 0 Å². The molecule has 0 fully saturated rings. The minimum absolute atomic E-state index is 0.109. The second-order valence-electron chi connectivity index (χ2n) is 12.0. The normalized spacial score (nSPS) is 14.0. The van der Waals surface area contributed by atoms with Crippen molar-refractivity contribution >= 4 is 17.8 Å². The third-order valence-corrected chi connectivity index (χ3v) is 7.50. The summed E-state index contributed by atoms with van der Waals surface area (Å²) in [5.41, 5.74) is 0.995. The van der Waals surface area contributed by atoms with Crippen LogP contribution in [0, 0.1) is 17.2 Å². The first kappa shape index (κ1) is 35.2. The highest BCUT2D eigenvalue weighted by atomic mass is 19.1. The van der Waals surface area contributed by atoms with Gasteiger partial charge in [0.1, 0.15) is 11.8 Å². The first-order valence-electron chi connectivity index (χ1n) is 15.3. The van der Waals surface area contributed by atoms with Gasteiger partial charge >= 0.3 is 5.97 Å². The van der Waals surface area contributed by atoms with Crippen LogP contribution in [0.3, 0.4) is 0 Å². The smallest absolute Gasteiger partial charge is 0.335 e. The zero-order valence-corrected chi connectivity index (χ0v) is 27.0. The number of rotatable bonds is 15. The third kappa shape index (κ3) is 10.4. The number of esters is 1. The van der Waals surface area contributed by atoms with E-state index in [4.69, 9.17) is 14.2 Å². The Bertz CT molecular complexity index is 1390. The molecular weight excluding hydrogens is 575 g/mol. The zero-order valence-electron chi connectivity index (χ0n) is 27.0. The van der Waals surface area contributed by atoms with Gasteiger partial charge in [-0.2, -0.15) is 0 Å². The number of amides is 2. The van der Waals surface area contributed by atoms with Crippen LogP contribution in [0.15, 0.2) is 78.9 Å². The highest BCUT2D eigenvalue weighted by Gasteiger charge is 2.39. The summed E-state index contributed by atoms with van der Waals surface area (Å²) in [6, 6.07) is 22.0. The summed E-state index contributed by atoms with van der Waals surface area (Å²) >= 11 is 0. The molecule has 242 valence electrons. The van der Waals surface area contributed by atoms with Crippen molar-refractivity contribution in [3.63, 3.8) is 0 Å². The van der Waals surface area contributed by atoms with Crippen LogP contribution in [-0.2, 0) is 30.3 Å². The van der Waals surface area contributed by atoms with Crippen molar-refractivity contribution in [2.45, 2.75) is 72.1 Å². The molecule has 0 bridgehead atoms. The zero-order chi connectivity index (χ0) is 33.0. The quantitative estimate of drug-likeness (QED) is 0.187. The number of hydrogen-bond donors (Lipinski definition) is 2. The fourth-order valence-corrected chi connectivity index (χ4v) is 5.03. The minimum Gasteiger partial charge on any atom is -0.467 e. The number of carbonyl (C=O) groups excluding carboxylic acids is 3. The van der Waals surface area contributed by atoms with Crippen molar-refractivity contribution in [2.75, 3.05) is 13.7 Å². The lowest BCUT2D eigenvalue weighted by atomic mass is 9.84. The third-order valence-electron chi connectivity index (χ3n) is 7.50. The largest absolute Gasteiger partial charge is 0.467 e. The van der Waals surface area contributed by atoms with Crippen LogP contribution < -0.4 is 15.4 Å². The monoisotopic (exact) mass is 620 g/mol. The number of hydrogen-bond acceptors (Lipinski definition) is 6. The Kier molecular flexibility index (Phi) is 13.1. The van der Waals surface area contributed by atoms with Crippen LogP contribution in [0.25, 0.3) is 0 Å². The molecule has 4 atom stereocenters. The van der Waals surface area contributed by atoms with Gasteiger partial charge in [-0.25, -0.2) is 9.18 Å². The van der Waals surface area contributed by atoms with Crippen LogP contribution in [0.4, 0.5) is 4.39 Å². The van der Waals surface area contributed by atoms with Gasteiger partial charge in [-0.3, -0.25) is 9.59 Å². The Hall–Kier alpha value is -4.24. The van der Waals surface area contributed by atoms with Crippen LogP contribution in [-0.4, -0.2) is 43.6 Å². The van der Waals surface area contributed by atoms with Crippen molar-refractivity contribution in [1.29, 1.82) is 0 Å². The lowest BCUT2D eigenvalue weighted by Gasteiger charge is -2.33. The highest BCUT2D eigenvalue weighted by molar-refractivity contribution is 5.92. The van der Waals surface area contributed by atoms with E-state index in [2.05, 4.69) is 10.6 Å². The number of methoxy groups -OCH3 is 1. The van der Waals surface area contributed by atoms with Gasteiger partial charge in [0.25, 0.3) is 0 Å². The number of halogens is 1. The van der Waals surface area contributed by atoms with Gasteiger partial charge < -0.3 is 24.8 Å². The fourth-order valence-electron chi connectivity index (χ4n) is 5.03. The fraction of sp³-hybridized carbons (Fsp3) is 0.417. The van der Waals surface area contributed by atoms with Gasteiger partial charge in [0.15, 0.2) is 17.7 Å². The van der Waals surface area contributed by atoms with E-state index in [9.17, 15) is 18.8 Å². The average molecular weight is 621 g/mol. The summed E-state index contributed by atoms with van der Waals surface area (Å²) < 4.78 is 31.2. The summed E-state index contributed by atoms with van der Waals surface area (Å²) in [6.45, 7) is 9.36. The van der Waals surface area contributed by atoms with E-state index < -0.39 is 41.2 Å². The molecule has 45 heavy (non-hydrogen) atoms. The van der Waals surface area contributed by atoms with Gasteiger partial charge in [-0.1, -0.05) is 75.4 Å². The maximum absolute atomic E-state index is 14.9. The summed E-state index contributed by atoms with van der Waals surface area (Å²) in [7, 11) is 1.24. The average Bonchev–Trinajstić information content (AvgIpc) is 3.02. The molecule has 2 N–H and O–H groups in total. The molecule has 3 aromatic carbocycles. The maximum atomic E-state index is 14.9. The molecular formula is C36H45FN2O6. The van der Waals surface area contributed by atoms with Crippen LogP contribution >= 0.6 is 0 Å². The number of benzene rings is 3. The molecule has 0 aliphatic rings. The topological polar surface area (TPSA) is 103 Å². The first-order chi connectivity index (χ1) is 21.4. The van der Waals surface area contributed by atoms with E-state index in [0.717, 1.165) is 5.56 Å². The molecule has 0 aliphatic heterocycles. The highest BCUT2D eigenvalue weighted by Crippen LogP contribution is 2.27. The van der Waals surface area contributed by atoms with Crippen LogP contribution in [0.1, 0.15) is 64.6 Å². The summed E-state index contributed by atoms with van der Waals surface area (Å²) in [5.74, 6) is -2.34. The SMILES string of the molecule is CCOC(C(=O)OC)[C@@H](CCCc1ccc(Oc2ccccc2)c(F)c1)C(=O)N[C@H](C(=O)NC(C)c1ccccc1)C(C)(C)C. The Morgan fingerprint density at radius 3 is 2.11 bits per heavy atom. The van der Waals surface area contributed by atoms with E-state index in [-0.39, 0.29) is 30.7 Å². The van der Waals surface area contributed by atoms with E-state index in [1.165, 1.54) is 13.2 Å². The number of para-hydroxylation sites is 1. The molecule has 0 radical (unpaired) electrons. The lowest BCUT2D eigenvalue weighted by molar-refractivity contribution is -0.161. The Morgan fingerprint density at radius 2 is 1.53 bits per heavy atom. The Balaban J connectivity index is 1.75. The van der Waals surface area contributed by atoms with Gasteiger partial charge in [0.05, 0.1) is 19.1 Å². The van der Waals surface area contributed by atoms with Crippen molar-refractivity contribution in [3.8, 4) is 11.5 Å². The van der Waals surface area contributed by atoms with Crippen molar-refractivity contribution in [1.82, 2.24) is 10.6 Å². The summed E-state index contributed by atoms with van der Waals surface area (Å²) in [4.78, 5) is 40.1. The van der Waals surface area contributed by atoms with Crippen molar-refractivity contribution in [3.05, 3.63) is 95.8 Å². The second kappa shape index (κ2) is 16.7. The number of ether oxygens (including phenoxy) is 3. The molecule has 0 aromatic heterocycles. The Labute approximate surface area is 265 Å². The van der Waals surface area contributed by atoms with Gasteiger partial charge in [0.2, 0.25) is 11.8 Å². The minimum atomic E-state index is -1.18. The molecule has 2 amide bonds. The number of nitrogens with one attached hydrogen (secondary N) is 2. The number of aryl methyl sites for hydroxylation is 1. The van der Waals surface area contributed by atoms with Gasteiger partial charge in [-0.05, 0) is 73.9 Å². The molecule has 2 unspecified atom stereocenters. The van der Waals surface area contributed by atoms with E-state index in [0.29, 0.717) is 24.2 Å². The molecule has 8 nitrogen and oxygen atoms in total. The molecule has 3 rings (SSSR count). The number of carbonyl (C=O) groups is 3. The predicted octanol–water partition coefficient (Wildman–Crippen LogP) is 6.54. The molecule has 9 heteroatoms. The van der Waals surface area contributed by atoms with Crippen LogP contribution in [0.2, 0.25) is 0 Å². The molecule has 3 aromatic rings. The molecule has 0 spiro atoms. The predicted molar refractivity (Wildman–Crippen MR) is 171 cm³/mol. The summed E-state index contributed by atoms with van der Waals surface area (Å²) in [5, 5.41) is 5.91. The van der Waals surface area contributed by atoms with Crippen molar-refractivity contribution in [2.24, 2.45) is 11.3 Å². The van der Waals surface area contributed by atoms with Crippen molar-refractivity contribution < 1.29 is 33.0 Å². The summed E-state index contributed by atoms with van der Waals surface area (Å²) in [6.07, 6.45) is -0.0716.